The van der Waals surface area contributed by atoms with Crippen LogP contribution in [0, 0.1) is 0 Å². The predicted molar refractivity (Wildman–Crippen MR) is 55.5 cm³/mol. The fourth-order valence-electron chi connectivity index (χ4n) is 2.55. The molecule has 1 saturated carbocycles. The molecule has 0 atom stereocenters. The summed E-state index contributed by atoms with van der Waals surface area (Å²) in [6.45, 7) is 0.873. The van der Waals surface area contributed by atoms with Crippen LogP contribution in [0.3, 0.4) is 0 Å². The second kappa shape index (κ2) is 2.93. The molecule has 86 valence electrons. The van der Waals surface area contributed by atoms with Gasteiger partial charge in [-0.15, -0.1) is 0 Å². The van der Waals surface area contributed by atoms with E-state index in [1.165, 1.54) is 6.07 Å². The van der Waals surface area contributed by atoms with Crippen LogP contribution in [0.25, 0.3) is 0 Å². The molecule has 0 aromatic heterocycles. The zero-order valence-corrected chi connectivity index (χ0v) is 8.69. The van der Waals surface area contributed by atoms with Crippen LogP contribution in [0.4, 0.5) is 18.9 Å². The van der Waals surface area contributed by atoms with Gasteiger partial charge in [-0.25, -0.2) is 0 Å². The Kier molecular flexibility index (Phi) is 1.83. The lowest BCUT2D eigenvalue weighted by Gasteiger charge is -2.27. The van der Waals surface area contributed by atoms with E-state index in [0.29, 0.717) is 0 Å². The number of alkyl halides is 3. The fraction of sp³-hybridized carbons (Fsp3) is 0.500. The number of anilines is 1. The maximum absolute atomic E-state index is 12.6. The van der Waals surface area contributed by atoms with E-state index in [2.05, 4.69) is 5.32 Å². The van der Waals surface area contributed by atoms with Crippen molar-refractivity contribution in [3.8, 4) is 0 Å². The Labute approximate surface area is 91.7 Å². The minimum absolute atomic E-state index is 0.0574. The van der Waals surface area contributed by atoms with Gasteiger partial charge in [-0.05, 0) is 48.4 Å². The second-order valence-electron chi connectivity index (χ2n) is 4.72. The Balaban J connectivity index is 2.09. The molecule has 0 bridgehead atoms. The Morgan fingerprint density at radius 2 is 1.88 bits per heavy atom. The average molecular weight is 227 g/mol. The van der Waals surface area contributed by atoms with Gasteiger partial charge in [0, 0.05) is 12.2 Å². The molecule has 16 heavy (non-hydrogen) atoms. The van der Waals surface area contributed by atoms with Gasteiger partial charge in [0.15, 0.2) is 0 Å². The maximum atomic E-state index is 12.6. The average Bonchev–Trinajstić information content (AvgIpc) is 2.98. The summed E-state index contributed by atoms with van der Waals surface area (Å²) < 4.78 is 37.8. The lowest BCUT2D eigenvalue weighted by molar-refractivity contribution is -0.137. The first-order valence-electron chi connectivity index (χ1n) is 5.47. The molecule has 2 aliphatic rings. The topological polar surface area (TPSA) is 12.0 Å². The number of rotatable bonds is 0. The van der Waals surface area contributed by atoms with Crippen molar-refractivity contribution < 1.29 is 13.2 Å². The van der Waals surface area contributed by atoms with Crippen molar-refractivity contribution in [2.45, 2.75) is 30.9 Å². The van der Waals surface area contributed by atoms with Crippen LogP contribution in [-0.4, -0.2) is 6.54 Å². The third-order valence-electron chi connectivity index (χ3n) is 3.69. The SMILES string of the molecule is FC(F)(F)c1ccc2c(c1)C1(CCN2)CC1. The lowest BCUT2D eigenvalue weighted by Crippen LogP contribution is -2.22. The van der Waals surface area contributed by atoms with Gasteiger partial charge in [0.05, 0.1) is 5.56 Å². The fourth-order valence-corrected chi connectivity index (χ4v) is 2.55. The highest BCUT2D eigenvalue weighted by molar-refractivity contribution is 5.60. The van der Waals surface area contributed by atoms with Gasteiger partial charge >= 0.3 is 6.18 Å². The molecule has 0 saturated heterocycles. The molecule has 0 radical (unpaired) electrons. The number of halogens is 3. The van der Waals surface area contributed by atoms with Crippen LogP contribution >= 0.6 is 0 Å². The molecule has 1 fully saturated rings. The summed E-state index contributed by atoms with van der Waals surface area (Å²) in [6, 6.07) is 4.05. The van der Waals surface area contributed by atoms with E-state index in [9.17, 15) is 13.2 Å². The Morgan fingerprint density at radius 1 is 1.12 bits per heavy atom. The van der Waals surface area contributed by atoms with Crippen molar-refractivity contribution >= 4 is 5.69 Å². The van der Waals surface area contributed by atoms with E-state index in [0.717, 1.165) is 43.1 Å². The van der Waals surface area contributed by atoms with Gasteiger partial charge < -0.3 is 5.32 Å². The summed E-state index contributed by atoms with van der Waals surface area (Å²) in [5.41, 5.74) is 1.29. The van der Waals surface area contributed by atoms with E-state index in [4.69, 9.17) is 0 Å². The summed E-state index contributed by atoms with van der Waals surface area (Å²) in [7, 11) is 0. The van der Waals surface area contributed by atoms with Crippen molar-refractivity contribution in [2.24, 2.45) is 0 Å². The van der Waals surface area contributed by atoms with Crippen LogP contribution in [-0.2, 0) is 11.6 Å². The molecule has 1 heterocycles. The predicted octanol–water partition coefficient (Wildman–Crippen LogP) is 3.55. The van der Waals surface area contributed by atoms with Crippen LogP contribution in [0.5, 0.6) is 0 Å². The third-order valence-corrected chi connectivity index (χ3v) is 3.69. The van der Waals surface area contributed by atoms with Crippen molar-refractivity contribution in [3.05, 3.63) is 29.3 Å². The highest BCUT2D eigenvalue weighted by Crippen LogP contribution is 2.55. The molecule has 0 amide bonds. The first-order valence-corrected chi connectivity index (χ1v) is 5.47. The molecule has 1 aromatic rings. The van der Waals surface area contributed by atoms with E-state index in [1.54, 1.807) is 6.07 Å². The van der Waals surface area contributed by atoms with Gasteiger partial charge in [0.2, 0.25) is 0 Å². The summed E-state index contributed by atoms with van der Waals surface area (Å²) >= 11 is 0. The highest BCUT2D eigenvalue weighted by Gasteiger charge is 2.47. The van der Waals surface area contributed by atoms with Crippen molar-refractivity contribution in [1.29, 1.82) is 0 Å². The Morgan fingerprint density at radius 3 is 2.50 bits per heavy atom. The molecule has 1 nitrogen and oxygen atoms in total. The Hall–Kier alpha value is -1.19. The Bertz CT molecular complexity index is 432. The molecule has 1 N–H and O–H groups in total. The largest absolute Gasteiger partial charge is 0.416 e. The quantitative estimate of drug-likeness (QED) is 0.714. The maximum Gasteiger partial charge on any atom is 0.416 e. The number of fused-ring (bicyclic) bond motifs is 2. The highest BCUT2D eigenvalue weighted by atomic mass is 19.4. The van der Waals surface area contributed by atoms with Gasteiger partial charge in [-0.2, -0.15) is 13.2 Å². The standard InChI is InChI=1S/C12H12F3N/c13-12(14,15)8-1-2-10-9(7-8)11(3-4-11)5-6-16-10/h1-2,7,16H,3-6H2. The molecule has 1 aromatic carbocycles. The van der Waals surface area contributed by atoms with E-state index in [-0.39, 0.29) is 5.41 Å². The normalized spacial score (nSPS) is 21.4. The van der Waals surface area contributed by atoms with Gasteiger partial charge in [-0.1, -0.05) is 0 Å². The number of hydrogen-bond acceptors (Lipinski definition) is 1. The first kappa shape index (κ1) is 10.00. The lowest BCUT2D eigenvalue weighted by atomic mass is 9.87. The van der Waals surface area contributed by atoms with Crippen molar-refractivity contribution in [1.82, 2.24) is 0 Å². The number of benzene rings is 1. The number of hydrogen-bond donors (Lipinski definition) is 1. The van der Waals surface area contributed by atoms with E-state index >= 15 is 0 Å². The zero-order chi connectivity index (χ0) is 11.4. The first-order chi connectivity index (χ1) is 7.51. The summed E-state index contributed by atoms with van der Waals surface area (Å²) in [5, 5.41) is 3.17. The summed E-state index contributed by atoms with van der Waals surface area (Å²) in [6.07, 6.45) is -1.21. The van der Waals surface area contributed by atoms with Gasteiger partial charge in [0.1, 0.15) is 0 Å². The summed E-state index contributed by atoms with van der Waals surface area (Å²) in [5.74, 6) is 0. The number of nitrogens with one attached hydrogen (secondary N) is 1. The summed E-state index contributed by atoms with van der Waals surface area (Å²) in [4.78, 5) is 0. The molecule has 0 unspecified atom stereocenters. The molecular formula is C12H12F3N. The monoisotopic (exact) mass is 227 g/mol. The van der Waals surface area contributed by atoms with E-state index in [1.807, 2.05) is 0 Å². The van der Waals surface area contributed by atoms with Crippen LogP contribution in [0.2, 0.25) is 0 Å². The second-order valence-corrected chi connectivity index (χ2v) is 4.72. The van der Waals surface area contributed by atoms with E-state index < -0.39 is 11.7 Å². The smallest absolute Gasteiger partial charge is 0.385 e. The van der Waals surface area contributed by atoms with Crippen molar-refractivity contribution in [3.63, 3.8) is 0 Å². The van der Waals surface area contributed by atoms with Crippen molar-refractivity contribution in [2.75, 3.05) is 11.9 Å². The minimum Gasteiger partial charge on any atom is -0.385 e. The molecule has 1 aliphatic heterocycles. The molecule has 1 spiro atoms. The van der Waals surface area contributed by atoms with Crippen LogP contribution < -0.4 is 5.32 Å². The van der Waals surface area contributed by atoms with Gasteiger partial charge in [0.25, 0.3) is 0 Å². The molecule has 4 heteroatoms. The van der Waals surface area contributed by atoms with Gasteiger partial charge in [-0.3, -0.25) is 0 Å². The molecule has 3 rings (SSSR count). The molecular weight excluding hydrogens is 215 g/mol. The zero-order valence-electron chi connectivity index (χ0n) is 8.69. The minimum atomic E-state index is -4.23. The van der Waals surface area contributed by atoms with Crippen LogP contribution in [0.1, 0.15) is 30.4 Å². The van der Waals surface area contributed by atoms with Crippen LogP contribution in [0.15, 0.2) is 18.2 Å². The molecule has 1 aliphatic carbocycles. The third kappa shape index (κ3) is 1.39.